The van der Waals surface area contributed by atoms with Crippen LogP contribution in [0, 0.1) is 0 Å². The van der Waals surface area contributed by atoms with Crippen LogP contribution in [0.25, 0.3) is 0 Å². The van der Waals surface area contributed by atoms with Gasteiger partial charge in [-0.05, 0) is 6.04 Å². The topological polar surface area (TPSA) is 62.6 Å². The molecule has 0 N–H and O–H groups in total. The third-order valence-electron chi connectivity index (χ3n) is 3.22. The predicted octanol–water partition coefficient (Wildman–Crippen LogP) is 3.58. The summed E-state index contributed by atoms with van der Waals surface area (Å²) in [5, 5.41) is 3.65. The van der Waals surface area contributed by atoms with E-state index in [-0.39, 0.29) is 6.73 Å². The molecule has 0 aromatic carbocycles. The molecule has 162 valence electrons. The lowest BCUT2D eigenvalue weighted by Gasteiger charge is -2.17. The van der Waals surface area contributed by atoms with E-state index < -0.39 is 57.1 Å². The molecule has 0 fully saturated rings. The Bertz CT molecular complexity index is 685. The molecule has 1 aromatic heterocycles. The fraction of sp³-hybridized carbons (Fsp3) is 0.733. The quantitative estimate of drug-likeness (QED) is 0.319. The first kappa shape index (κ1) is 24.4. The van der Waals surface area contributed by atoms with Gasteiger partial charge in [-0.3, -0.25) is 4.79 Å². The molecule has 13 heteroatoms. The van der Waals surface area contributed by atoms with Gasteiger partial charge in [0, 0.05) is 14.7 Å². The normalized spacial score (nSPS) is 13.0. The van der Waals surface area contributed by atoms with E-state index >= 15 is 0 Å². The molecule has 0 atom stereocenters. The van der Waals surface area contributed by atoms with Crippen LogP contribution in [0.4, 0.5) is 26.3 Å². The molecule has 0 saturated carbocycles. The molecule has 6 nitrogen and oxygen atoms in total. The van der Waals surface area contributed by atoms with Crippen molar-refractivity contribution in [1.82, 2.24) is 9.78 Å². The third-order valence-corrected chi connectivity index (χ3v) is 4.92. The van der Waals surface area contributed by atoms with E-state index in [4.69, 9.17) is 4.74 Å². The van der Waals surface area contributed by atoms with Crippen LogP contribution < -0.4 is 10.3 Å². The molecule has 28 heavy (non-hydrogen) atoms. The van der Waals surface area contributed by atoms with Crippen molar-refractivity contribution in [2.45, 2.75) is 51.4 Å². The highest BCUT2D eigenvalue weighted by atomic mass is 28.3. The van der Waals surface area contributed by atoms with E-state index in [1.54, 1.807) is 0 Å². The van der Waals surface area contributed by atoms with Crippen LogP contribution in [-0.4, -0.2) is 50.0 Å². The van der Waals surface area contributed by atoms with Gasteiger partial charge in [-0.15, -0.1) is 0 Å². The van der Waals surface area contributed by atoms with Crippen LogP contribution in [0.5, 0.6) is 5.75 Å². The summed E-state index contributed by atoms with van der Waals surface area (Å²) < 4.78 is 88.7. The van der Waals surface area contributed by atoms with Crippen molar-refractivity contribution >= 4 is 8.07 Å². The zero-order valence-electron chi connectivity index (χ0n) is 15.6. The van der Waals surface area contributed by atoms with E-state index in [0.717, 1.165) is 16.9 Å². The van der Waals surface area contributed by atoms with Gasteiger partial charge in [0.25, 0.3) is 5.56 Å². The van der Waals surface area contributed by atoms with Gasteiger partial charge in [0.15, 0.2) is 12.4 Å². The number of halogens is 6. The molecule has 0 aliphatic heterocycles. The van der Waals surface area contributed by atoms with Gasteiger partial charge >= 0.3 is 12.4 Å². The Morgan fingerprint density at radius 1 is 1.04 bits per heavy atom. The maximum absolute atomic E-state index is 12.4. The second kappa shape index (κ2) is 9.74. The van der Waals surface area contributed by atoms with Crippen molar-refractivity contribution in [1.29, 1.82) is 0 Å². The highest BCUT2D eigenvalue weighted by molar-refractivity contribution is 6.76. The summed E-state index contributed by atoms with van der Waals surface area (Å²) in [6.45, 7) is 2.11. The van der Waals surface area contributed by atoms with E-state index in [9.17, 15) is 31.1 Å². The minimum atomic E-state index is -4.70. The SMILES string of the molecule is C[Si](C)(C)CCOCn1ncc(OCC(F)(F)F)c(COCC(F)(F)F)c1=O. The minimum absolute atomic E-state index is 0.296. The van der Waals surface area contributed by atoms with Gasteiger partial charge in [-0.1, -0.05) is 19.6 Å². The van der Waals surface area contributed by atoms with Gasteiger partial charge in [0.2, 0.25) is 0 Å². The lowest BCUT2D eigenvalue weighted by Crippen LogP contribution is -2.30. The number of ether oxygens (including phenoxy) is 3. The second-order valence-corrected chi connectivity index (χ2v) is 12.8. The maximum atomic E-state index is 12.4. The lowest BCUT2D eigenvalue weighted by atomic mass is 10.3. The van der Waals surface area contributed by atoms with Crippen LogP contribution in [-0.2, 0) is 22.8 Å². The van der Waals surface area contributed by atoms with Crippen LogP contribution in [0.15, 0.2) is 11.0 Å². The number of rotatable bonds is 10. The Morgan fingerprint density at radius 2 is 1.64 bits per heavy atom. The van der Waals surface area contributed by atoms with Gasteiger partial charge in [-0.25, -0.2) is 4.68 Å². The molecule has 0 radical (unpaired) electrons. The summed E-state index contributed by atoms with van der Waals surface area (Å²) in [7, 11) is -1.38. The molecule has 1 heterocycles. The molecule has 0 aliphatic rings. The summed E-state index contributed by atoms with van der Waals surface area (Å²) in [5.41, 5.74) is -1.45. The molecule has 0 saturated heterocycles. The number of aromatic nitrogens is 2. The highest BCUT2D eigenvalue weighted by Crippen LogP contribution is 2.21. The fourth-order valence-electron chi connectivity index (χ4n) is 1.82. The second-order valence-electron chi connectivity index (χ2n) is 7.15. The van der Waals surface area contributed by atoms with Crippen molar-refractivity contribution in [3.05, 3.63) is 22.1 Å². The lowest BCUT2D eigenvalue weighted by molar-refractivity contribution is -0.177. The zero-order chi connectivity index (χ0) is 21.6. The minimum Gasteiger partial charge on any atom is -0.482 e. The standard InChI is InChI=1S/C15H22F6N2O4Si/c1-28(2,3)5-4-25-10-23-13(24)11(7-26-8-14(16,17)18)12(6-22-23)27-9-15(19,20)21/h6H,4-5,7-10H2,1-3H3. The Kier molecular flexibility index (Phi) is 8.50. The summed E-state index contributed by atoms with van der Waals surface area (Å²) in [4.78, 5) is 12.4. The maximum Gasteiger partial charge on any atom is 0.422 e. The first-order valence-electron chi connectivity index (χ1n) is 8.19. The fourth-order valence-corrected chi connectivity index (χ4v) is 2.58. The number of hydrogen-bond donors (Lipinski definition) is 0. The molecule has 0 spiro atoms. The molecular formula is C15H22F6N2O4Si. The summed E-state index contributed by atoms with van der Waals surface area (Å²) in [6.07, 6.45) is -8.53. The molecule has 0 bridgehead atoms. The summed E-state index contributed by atoms with van der Waals surface area (Å²) >= 11 is 0. The first-order chi connectivity index (χ1) is 12.7. The van der Waals surface area contributed by atoms with Crippen LogP contribution in [0.3, 0.4) is 0 Å². The van der Waals surface area contributed by atoms with Gasteiger partial charge in [0.05, 0.1) is 18.4 Å². The Balaban J connectivity index is 2.91. The summed E-state index contributed by atoms with van der Waals surface area (Å²) in [5.74, 6) is -0.595. The van der Waals surface area contributed by atoms with Crippen molar-refractivity contribution in [2.75, 3.05) is 19.8 Å². The monoisotopic (exact) mass is 436 g/mol. The smallest absolute Gasteiger partial charge is 0.422 e. The van der Waals surface area contributed by atoms with E-state index in [1.165, 1.54) is 0 Å². The third kappa shape index (κ3) is 10.1. The van der Waals surface area contributed by atoms with E-state index in [1.807, 2.05) is 0 Å². The van der Waals surface area contributed by atoms with Gasteiger partial charge < -0.3 is 14.2 Å². The average Bonchev–Trinajstić information content (AvgIpc) is 2.50. The highest BCUT2D eigenvalue weighted by Gasteiger charge is 2.30. The van der Waals surface area contributed by atoms with Crippen LogP contribution in [0.1, 0.15) is 5.56 Å². The number of alkyl halides is 6. The Morgan fingerprint density at radius 3 is 2.18 bits per heavy atom. The first-order valence-corrected chi connectivity index (χ1v) is 11.9. The molecule has 0 unspecified atom stereocenters. The van der Waals surface area contributed by atoms with Crippen molar-refractivity contribution < 1.29 is 40.6 Å². The zero-order valence-corrected chi connectivity index (χ0v) is 16.6. The van der Waals surface area contributed by atoms with Crippen molar-refractivity contribution in [2.24, 2.45) is 0 Å². The van der Waals surface area contributed by atoms with Crippen LogP contribution >= 0.6 is 0 Å². The summed E-state index contributed by atoms with van der Waals surface area (Å²) in [6, 6.07) is 0.802. The molecule has 1 rings (SSSR count). The molecular weight excluding hydrogens is 414 g/mol. The predicted molar refractivity (Wildman–Crippen MR) is 89.9 cm³/mol. The van der Waals surface area contributed by atoms with Crippen molar-refractivity contribution in [3.8, 4) is 5.75 Å². The van der Waals surface area contributed by atoms with Crippen LogP contribution in [0.2, 0.25) is 25.7 Å². The average molecular weight is 436 g/mol. The largest absolute Gasteiger partial charge is 0.482 e. The molecule has 0 aliphatic carbocycles. The van der Waals surface area contributed by atoms with Gasteiger partial charge in [-0.2, -0.15) is 31.4 Å². The number of nitrogens with zero attached hydrogens (tertiary/aromatic N) is 2. The Labute approximate surface area is 158 Å². The van der Waals surface area contributed by atoms with Gasteiger partial charge in [0.1, 0.15) is 13.3 Å². The Hall–Kier alpha value is -1.60. The molecule has 0 amide bonds. The van der Waals surface area contributed by atoms with Crippen molar-refractivity contribution in [3.63, 3.8) is 0 Å². The number of hydrogen-bond acceptors (Lipinski definition) is 5. The van der Waals surface area contributed by atoms with E-state index in [0.29, 0.717) is 6.61 Å². The molecule has 1 aromatic rings. The van der Waals surface area contributed by atoms with E-state index in [2.05, 4.69) is 34.2 Å².